The molecule has 0 spiro atoms. The molecule has 21 heavy (non-hydrogen) atoms. The minimum atomic E-state index is -0.640. The molecule has 2 aromatic rings. The highest BCUT2D eigenvalue weighted by Crippen LogP contribution is 2.32. The van der Waals surface area contributed by atoms with Crippen LogP contribution in [0.1, 0.15) is 32.6 Å². The van der Waals surface area contributed by atoms with Crippen LogP contribution in [0.5, 0.6) is 0 Å². The van der Waals surface area contributed by atoms with E-state index in [4.69, 9.17) is 0 Å². The number of rotatable bonds is 4. The Labute approximate surface area is 124 Å². The van der Waals surface area contributed by atoms with Gasteiger partial charge in [0.2, 0.25) is 0 Å². The number of imidazole rings is 1. The fraction of sp³-hybridized carbons (Fsp3) is 0.600. The number of hydrogen-bond donors (Lipinski definition) is 3. The number of aromatic nitrogens is 3. The van der Waals surface area contributed by atoms with Crippen LogP contribution in [-0.2, 0) is 0 Å². The minimum absolute atomic E-state index is 0.514. The van der Waals surface area contributed by atoms with Gasteiger partial charge in [0.1, 0.15) is 5.82 Å². The van der Waals surface area contributed by atoms with Crippen molar-refractivity contribution in [3.8, 4) is 0 Å². The molecule has 0 amide bonds. The van der Waals surface area contributed by atoms with Crippen LogP contribution in [0.3, 0.4) is 0 Å². The molecule has 114 valence electrons. The van der Waals surface area contributed by atoms with Crippen LogP contribution in [0.25, 0.3) is 5.65 Å². The van der Waals surface area contributed by atoms with Crippen LogP contribution in [0, 0.1) is 5.92 Å². The fourth-order valence-corrected chi connectivity index (χ4v) is 3.21. The molecule has 2 aromatic heterocycles. The Balaban J connectivity index is 1.79. The van der Waals surface area contributed by atoms with E-state index in [1.54, 1.807) is 6.20 Å². The summed E-state index contributed by atoms with van der Waals surface area (Å²) >= 11 is 0. The highest BCUT2D eigenvalue weighted by atomic mass is 16.3. The summed E-state index contributed by atoms with van der Waals surface area (Å²) < 4.78 is 1.93. The van der Waals surface area contributed by atoms with Crippen molar-refractivity contribution in [2.24, 2.45) is 5.92 Å². The maximum atomic E-state index is 10.7. The van der Waals surface area contributed by atoms with Crippen LogP contribution >= 0.6 is 0 Å². The molecule has 1 fully saturated rings. The van der Waals surface area contributed by atoms with Crippen molar-refractivity contribution in [3.63, 3.8) is 0 Å². The third-order valence-electron chi connectivity index (χ3n) is 4.28. The number of nitrogens with zero attached hydrogens (tertiary/aromatic N) is 3. The summed E-state index contributed by atoms with van der Waals surface area (Å²) in [5.74, 6) is 2.05. The van der Waals surface area contributed by atoms with Crippen LogP contribution in [0.4, 0.5) is 11.6 Å². The topological polar surface area (TPSA) is 74.5 Å². The Morgan fingerprint density at radius 3 is 3.14 bits per heavy atom. The quantitative estimate of drug-likeness (QED) is 0.804. The van der Waals surface area contributed by atoms with E-state index in [0.29, 0.717) is 18.3 Å². The zero-order chi connectivity index (χ0) is 14.9. The molecule has 0 aliphatic heterocycles. The molecule has 3 rings (SSSR count). The van der Waals surface area contributed by atoms with Gasteiger partial charge in [-0.25, -0.2) is 9.97 Å². The molecule has 1 aliphatic carbocycles. The number of fused-ring (bicyclic) bond motifs is 1. The highest BCUT2D eigenvalue weighted by molar-refractivity contribution is 5.65. The normalized spacial score (nSPS) is 26.0. The van der Waals surface area contributed by atoms with Gasteiger partial charge in [-0.1, -0.05) is 19.8 Å². The predicted octanol–water partition coefficient (Wildman–Crippen LogP) is 2.12. The maximum Gasteiger partial charge on any atom is 0.180 e. The Morgan fingerprint density at radius 1 is 1.52 bits per heavy atom. The highest BCUT2D eigenvalue weighted by Gasteiger charge is 2.32. The lowest BCUT2D eigenvalue weighted by atomic mass is 9.79. The van der Waals surface area contributed by atoms with Gasteiger partial charge in [-0.15, -0.1) is 0 Å². The second kappa shape index (κ2) is 5.52. The van der Waals surface area contributed by atoms with E-state index < -0.39 is 5.60 Å². The number of anilines is 2. The Kier molecular flexibility index (Phi) is 3.71. The summed E-state index contributed by atoms with van der Waals surface area (Å²) in [5, 5.41) is 17.1. The van der Waals surface area contributed by atoms with E-state index in [9.17, 15) is 5.11 Å². The van der Waals surface area contributed by atoms with E-state index >= 15 is 0 Å². The summed E-state index contributed by atoms with van der Waals surface area (Å²) in [4.78, 5) is 8.83. The zero-order valence-corrected chi connectivity index (χ0v) is 12.6. The Bertz CT molecular complexity index is 626. The summed E-state index contributed by atoms with van der Waals surface area (Å²) in [6, 6.07) is 0. The average Bonchev–Trinajstić information content (AvgIpc) is 2.92. The molecule has 2 unspecified atom stereocenters. The fourth-order valence-electron chi connectivity index (χ4n) is 3.21. The van der Waals surface area contributed by atoms with E-state index in [0.717, 1.165) is 30.7 Å². The van der Waals surface area contributed by atoms with Crippen molar-refractivity contribution in [2.45, 2.75) is 38.2 Å². The van der Waals surface area contributed by atoms with Gasteiger partial charge in [-0.05, 0) is 18.8 Å². The SMILES string of the molecule is CNc1cn2ccnc2c(NCC2(O)CCCC(C)C2)n1. The summed E-state index contributed by atoms with van der Waals surface area (Å²) in [6.45, 7) is 2.72. The van der Waals surface area contributed by atoms with Crippen LogP contribution in [0.15, 0.2) is 18.6 Å². The second-order valence-corrected chi connectivity index (χ2v) is 6.16. The van der Waals surface area contributed by atoms with Crippen LogP contribution in [0.2, 0.25) is 0 Å². The van der Waals surface area contributed by atoms with Gasteiger partial charge in [0, 0.05) is 26.0 Å². The minimum Gasteiger partial charge on any atom is -0.388 e. The molecular weight excluding hydrogens is 266 g/mol. The first-order valence-corrected chi connectivity index (χ1v) is 7.57. The molecule has 6 heteroatoms. The smallest absolute Gasteiger partial charge is 0.180 e. The van der Waals surface area contributed by atoms with Crippen LogP contribution in [-0.4, -0.2) is 38.7 Å². The summed E-state index contributed by atoms with van der Waals surface area (Å²) in [7, 11) is 1.84. The lowest BCUT2D eigenvalue weighted by Crippen LogP contribution is -2.41. The van der Waals surface area contributed by atoms with E-state index in [2.05, 4.69) is 27.5 Å². The predicted molar refractivity (Wildman–Crippen MR) is 83.6 cm³/mol. The first-order valence-electron chi connectivity index (χ1n) is 7.57. The van der Waals surface area contributed by atoms with E-state index in [1.807, 2.05) is 23.8 Å². The number of nitrogens with one attached hydrogen (secondary N) is 2. The van der Waals surface area contributed by atoms with Gasteiger partial charge in [-0.2, -0.15) is 0 Å². The van der Waals surface area contributed by atoms with Crippen LogP contribution < -0.4 is 10.6 Å². The molecule has 2 heterocycles. The molecule has 6 nitrogen and oxygen atoms in total. The standard InChI is InChI=1S/C15H23N5O/c1-11-4-3-5-15(21,8-11)10-18-13-14-17-6-7-20(14)9-12(16-2)19-13/h6-7,9,11,16,21H,3-5,8,10H2,1-2H3,(H,18,19). The van der Waals surface area contributed by atoms with Crippen molar-refractivity contribution in [1.82, 2.24) is 14.4 Å². The van der Waals surface area contributed by atoms with Gasteiger partial charge < -0.3 is 20.1 Å². The van der Waals surface area contributed by atoms with Crippen molar-refractivity contribution < 1.29 is 5.11 Å². The van der Waals surface area contributed by atoms with Gasteiger partial charge >= 0.3 is 0 Å². The zero-order valence-electron chi connectivity index (χ0n) is 12.6. The summed E-state index contributed by atoms with van der Waals surface area (Å²) in [6.07, 6.45) is 9.52. The molecule has 0 aromatic carbocycles. The average molecular weight is 289 g/mol. The molecule has 2 atom stereocenters. The molecule has 0 saturated heterocycles. The largest absolute Gasteiger partial charge is 0.388 e. The molecule has 1 saturated carbocycles. The Hall–Kier alpha value is -1.82. The van der Waals surface area contributed by atoms with Crippen molar-refractivity contribution in [1.29, 1.82) is 0 Å². The lowest BCUT2D eigenvalue weighted by Gasteiger charge is -2.35. The van der Waals surface area contributed by atoms with Gasteiger partial charge in [0.25, 0.3) is 0 Å². The maximum absolute atomic E-state index is 10.7. The molecule has 3 N–H and O–H groups in total. The number of hydrogen-bond acceptors (Lipinski definition) is 5. The summed E-state index contributed by atoms with van der Waals surface area (Å²) in [5.41, 5.74) is 0.139. The van der Waals surface area contributed by atoms with Gasteiger partial charge in [0.05, 0.1) is 11.8 Å². The first kappa shape index (κ1) is 14.1. The van der Waals surface area contributed by atoms with Crippen molar-refractivity contribution in [3.05, 3.63) is 18.6 Å². The van der Waals surface area contributed by atoms with E-state index in [-0.39, 0.29) is 0 Å². The molecule has 0 bridgehead atoms. The van der Waals surface area contributed by atoms with Crippen molar-refractivity contribution >= 4 is 17.3 Å². The monoisotopic (exact) mass is 289 g/mol. The van der Waals surface area contributed by atoms with Gasteiger partial charge in [-0.3, -0.25) is 0 Å². The molecule has 0 radical (unpaired) electrons. The lowest BCUT2D eigenvalue weighted by molar-refractivity contribution is -0.000806. The Morgan fingerprint density at radius 2 is 2.38 bits per heavy atom. The molecule has 1 aliphatic rings. The van der Waals surface area contributed by atoms with E-state index in [1.165, 1.54) is 6.42 Å². The number of aliphatic hydroxyl groups is 1. The van der Waals surface area contributed by atoms with Crippen molar-refractivity contribution in [2.75, 3.05) is 24.2 Å². The molecular formula is C15H23N5O. The third-order valence-corrected chi connectivity index (χ3v) is 4.28. The second-order valence-electron chi connectivity index (χ2n) is 6.16. The first-order chi connectivity index (χ1) is 10.1. The third kappa shape index (κ3) is 2.95. The van der Waals surface area contributed by atoms with Gasteiger partial charge in [0.15, 0.2) is 11.5 Å².